The summed E-state index contributed by atoms with van der Waals surface area (Å²) < 4.78 is 0. The van der Waals surface area contributed by atoms with Crippen LogP contribution in [0.15, 0.2) is 41.7 Å². The molecule has 1 saturated carbocycles. The Kier molecular flexibility index (Phi) is 2.69. The maximum Gasteiger partial charge on any atom is 0.235 e. The summed E-state index contributed by atoms with van der Waals surface area (Å²) in [5, 5.41) is 2.25. The summed E-state index contributed by atoms with van der Waals surface area (Å²) in [4.78, 5) is 19.1. The highest BCUT2D eigenvalue weighted by atomic mass is 16.1. The number of pyridine rings is 1. The summed E-state index contributed by atoms with van der Waals surface area (Å²) in [6, 6.07) is 8.14. The Morgan fingerprint density at radius 2 is 2.06 bits per heavy atom. The number of aliphatic imine (C=N–C) groups is 1. The number of carbonyl (C=O) groups excluding carboxylic acids is 1. The molecule has 0 spiro atoms. The Balaban J connectivity index is 2.27. The van der Waals surface area contributed by atoms with Gasteiger partial charge < -0.3 is 0 Å². The summed E-state index contributed by atoms with van der Waals surface area (Å²) in [6.45, 7) is 0. The minimum Gasteiger partial charge on any atom is -0.264 e. The maximum absolute atomic E-state index is 10.8. The molecular formula is C15H14N2O. The van der Waals surface area contributed by atoms with Crippen LogP contribution in [0, 0.1) is 0 Å². The standard InChI is InChI=1S/C15H14N2O/c18-11-17-15(7-1-2-8-15)14-5-3-4-12-10-16-9-6-13(12)14/h3-6,9-10H,1-2,7-8H2. The lowest BCUT2D eigenvalue weighted by molar-refractivity contribution is 0.459. The molecule has 1 aliphatic carbocycles. The zero-order valence-corrected chi connectivity index (χ0v) is 10.1. The van der Waals surface area contributed by atoms with Crippen LogP contribution in [0.2, 0.25) is 0 Å². The lowest BCUT2D eigenvalue weighted by Gasteiger charge is -2.24. The molecule has 1 heterocycles. The third kappa shape index (κ3) is 1.64. The maximum atomic E-state index is 10.8. The fourth-order valence-electron chi connectivity index (χ4n) is 3.02. The Morgan fingerprint density at radius 3 is 2.83 bits per heavy atom. The third-order valence-corrected chi connectivity index (χ3v) is 3.87. The van der Waals surface area contributed by atoms with Gasteiger partial charge in [0.1, 0.15) is 0 Å². The topological polar surface area (TPSA) is 42.3 Å². The minimum absolute atomic E-state index is 0.359. The van der Waals surface area contributed by atoms with Crippen LogP contribution >= 0.6 is 0 Å². The normalized spacial score (nSPS) is 17.6. The number of rotatable bonds is 2. The van der Waals surface area contributed by atoms with Crippen molar-refractivity contribution in [3.8, 4) is 0 Å². The fourth-order valence-corrected chi connectivity index (χ4v) is 3.02. The smallest absolute Gasteiger partial charge is 0.235 e. The molecule has 90 valence electrons. The van der Waals surface area contributed by atoms with Gasteiger partial charge in [0.2, 0.25) is 6.08 Å². The number of hydrogen-bond donors (Lipinski definition) is 0. The van der Waals surface area contributed by atoms with Crippen molar-refractivity contribution >= 4 is 16.9 Å². The second-order valence-electron chi connectivity index (χ2n) is 4.84. The zero-order chi connectivity index (χ0) is 12.4. The van der Waals surface area contributed by atoms with E-state index < -0.39 is 0 Å². The monoisotopic (exact) mass is 238 g/mol. The first kappa shape index (κ1) is 11.1. The molecule has 0 N–H and O–H groups in total. The fraction of sp³-hybridized carbons (Fsp3) is 0.333. The van der Waals surface area contributed by atoms with Gasteiger partial charge in [-0.1, -0.05) is 31.0 Å². The van der Waals surface area contributed by atoms with Crippen molar-refractivity contribution < 1.29 is 4.79 Å². The predicted molar refractivity (Wildman–Crippen MR) is 70.0 cm³/mol. The van der Waals surface area contributed by atoms with Crippen LogP contribution in [-0.4, -0.2) is 11.1 Å². The van der Waals surface area contributed by atoms with E-state index >= 15 is 0 Å². The Hall–Kier alpha value is -1.99. The molecular weight excluding hydrogens is 224 g/mol. The first-order valence-electron chi connectivity index (χ1n) is 6.28. The van der Waals surface area contributed by atoms with E-state index in [-0.39, 0.29) is 5.54 Å². The summed E-state index contributed by atoms with van der Waals surface area (Å²) in [5.74, 6) is 0. The summed E-state index contributed by atoms with van der Waals surface area (Å²) >= 11 is 0. The molecule has 0 unspecified atom stereocenters. The van der Waals surface area contributed by atoms with E-state index in [2.05, 4.69) is 16.0 Å². The van der Waals surface area contributed by atoms with Gasteiger partial charge in [-0.2, -0.15) is 4.99 Å². The van der Waals surface area contributed by atoms with Crippen LogP contribution in [0.4, 0.5) is 0 Å². The van der Waals surface area contributed by atoms with Gasteiger partial charge in [0.05, 0.1) is 5.54 Å². The van der Waals surface area contributed by atoms with Crippen molar-refractivity contribution in [1.29, 1.82) is 0 Å². The van der Waals surface area contributed by atoms with Crippen LogP contribution in [0.5, 0.6) is 0 Å². The van der Waals surface area contributed by atoms with Gasteiger partial charge in [0.25, 0.3) is 0 Å². The number of aromatic nitrogens is 1. The molecule has 1 aromatic heterocycles. The molecule has 0 radical (unpaired) electrons. The van der Waals surface area contributed by atoms with Crippen LogP contribution in [0.1, 0.15) is 31.2 Å². The summed E-state index contributed by atoms with van der Waals surface area (Å²) in [5.41, 5.74) is 0.783. The first-order valence-corrected chi connectivity index (χ1v) is 6.28. The molecule has 1 aliphatic rings. The quantitative estimate of drug-likeness (QED) is 0.594. The van der Waals surface area contributed by atoms with Crippen molar-refractivity contribution in [2.75, 3.05) is 0 Å². The van der Waals surface area contributed by atoms with Crippen LogP contribution in [0.25, 0.3) is 10.8 Å². The highest BCUT2D eigenvalue weighted by molar-refractivity contribution is 5.86. The second-order valence-corrected chi connectivity index (χ2v) is 4.84. The van der Waals surface area contributed by atoms with Gasteiger partial charge in [0, 0.05) is 17.8 Å². The van der Waals surface area contributed by atoms with Gasteiger partial charge in [0.15, 0.2) is 0 Å². The highest BCUT2D eigenvalue weighted by Gasteiger charge is 2.36. The van der Waals surface area contributed by atoms with Crippen molar-refractivity contribution in [1.82, 2.24) is 4.98 Å². The van der Waals surface area contributed by atoms with E-state index in [4.69, 9.17) is 0 Å². The Bertz CT molecular complexity index is 618. The Morgan fingerprint density at radius 1 is 1.22 bits per heavy atom. The average Bonchev–Trinajstić information content (AvgIpc) is 2.88. The molecule has 3 nitrogen and oxygen atoms in total. The van der Waals surface area contributed by atoms with Gasteiger partial charge >= 0.3 is 0 Å². The number of fused-ring (bicyclic) bond motifs is 1. The number of hydrogen-bond acceptors (Lipinski definition) is 3. The van der Waals surface area contributed by atoms with Crippen molar-refractivity contribution in [2.24, 2.45) is 4.99 Å². The largest absolute Gasteiger partial charge is 0.264 e. The molecule has 0 amide bonds. The van der Waals surface area contributed by atoms with E-state index in [9.17, 15) is 4.79 Å². The van der Waals surface area contributed by atoms with Crippen LogP contribution in [0.3, 0.4) is 0 Å². The SMILES string of the molecule is O=C=NC1(c2cccc3cnccc23)CCCC1. The number of benzene rings is 1. The molecule has 0 saturated heterocycles. The molecule has 2 aromatic rings. The van der Waals surface area contributed by atoms with E-state index in [0.717, 1.165) is 42.0 Å². The molecule has 0 bridgehead atoms. The molecule has 3 heteroatoms. The summed E-state index contributed by atoms with van der Waals surface area (Å²) in [7, 11) is 0. The molecule has 1 fully saturated rings. The zero-order valence-electron chi connectivity index (χ0n) is 10.1. The first-order chi connectivity index (χ1) is 8.86. The van der Waals surface area contributed by atoms with Crippen molar-refractivity contribution in [2.45, 2.75) is 31.2 Å². The molecule has 0 atom stereocenters. The van der Waals surface area contributed by atoms with E-state index in [1.807, 2.05) is 24.4 Å². The second kappa shape index (κ2) is 4.35. The average molecular weight is 238 g/mol. The van der Waals surface area contributed by atoms with E-state index in [1.54, 1.807) is 12.3 Å². The lowest BCUT2D eigenvalue weighted by atomic mass is 9.86. The molecule has 18 heavy (non-hydrogen) atoms. The van der Waals surface area contributed by atoms with Crippen LogP contribution < -0.4 is 0 Å². The van der Waals surface area contributed by atoms with Gasteiger partial charge in [-0.05, 0) is 29.9 Å². The van der Waals surface area contributed by atoms with E-state index in [1.165, 1.54) is 0 Å². The minimum atomic E-state index is -0.359. The molecule has 1 aromatic carbocycles. The lowest BCUT2D eigenvalue weighted by Crippen LogP contribution is -2.19. The predicted octanol–water partition coefficient (Wildman–Crippen LogP) is 3.34. The highest BCUT2D eigenvalue weighted by Crippen LogP contribution is 2.44. The molecule has 0 aliphatic heterocycles. The van der Waals surface area contributed by atoms with Crippen molar-refractivity contribution in [3.63, 3.8) is 0 Å². The summed E-state index contributed by atoms with van der Waals surface area (Å²) in [6.07, 6.45) is 9.52. The third-order valence-electron chi connectivity index (χ3n) is 3.87. The van der Waals surface area contributed by atoms with Gasteiger partial charge in [-0.25, -0.2) is 4.79 Å². The van der Waals surface area contributed by atoms with E-state index in [0.29, 0.717) is 0 Å². The molecule has 3 rings (SSSR count). The van der Waals surface area contributed by atoms with Gasteiger partial charge in [-0.3, -0.25) is 4.98 Å². The number of isocyanates is 1. The van der Waals surface area contributed by atoms with Gasteiger partial charge in [-0.15, -0.1) is 0 Å². The Labute approximate surface area is 106 Å². The van der Waals surface area contributed by atoms with Crippen molar-refractivity contribution in [3.05, 3.63) is 42.2 Å². The number of nitrogens with zero attached hydrogens (tertiary/aromatic N) is 2. The van der Waals surface area contributed by atoms with Crippen LogP contribution in [-0.2, 0) is 10.3 Å².